The number of rotatable bonds is 6. The summed E-state index contributed by atoms with van der Waals surface area (Å²) in [5.41, 5.74) is 0. The van der Waals surface area contributed by atoms with E-state index in [0.717, 1.165) is 61.7 Å². The molecule has 136 valence electrons. The molecule has 1 aliphatic rings. The molecule has 1 N–H and O–H groups in total. The molecule has 24 heavy (non-hydrogen) atoms. The largest absolute Gasteiger partial charge is 0.357 e. The van der Waals surface area contributed by atoms with Gasteiger partial charge in [-0.25, -0.2) is 4.98 Å². The molecule has 0 aromatic carbocycles. The predicted molar refractivity (Wildman–Crippen MR) is 113 cm³/mol. The van der Waals surface area contributed by atoms with Crippen molar-refractivity contribution in [1.82, 2.24) is 20.1 Å². The average molecular weight is 483 g/mol. The van der Waals surface area contributed by atoms with Gasteiger partial charge in [0.1, 0.15) is 4.34 Å². The van der Waals surface area contributed by atoms with Gasteiger partial charge < -0.3 is 15.1 Å². The number of thiazole rings is 1. The molecule has 9 heteroatoms. The van der Waals surface area contributed by atoms with Crippen LogP contribution in [-0.4, -0.2) is 71.7 Å². The topological polar surface area (TPSA) is 60.8 Å². The lowest BCUT2D eigenvalue weighted by Gasteiger charge is -2.36. The summed E-state index contributed by atoms with van der Waals surface area (Å²) in [5, 5.41) is 5.36. The molecule has 1 aromatic heterocycles. The van der Waals surface area contributed by atoms with Crippen molar-refractivity contribution >= 4 is 58.9 Å². The van der Waals surface area contributed by atoms with E-state index in [4.69, 9.17) is 4.99 Å². The first-order chi connectivity index (χ1) is 11.2. The van der Waals surface area contributed by atoms with Gasteiger partial charge >= 0.3 is 0 Å². The lowest BCUT2D eigenvalue weighted by atomic mass is 10.3. The Balaban J connectivity index is 0.00000288. The maximum absolute atomic E-state index is 11.4. The van der Waals surface area contributed by atoms with E-state index in [2.05, 4.69) is 22.1 Å². The van der Waals surface area contributed by atoms with E-state index in [9.17, 15) is 4.79 Å². The average Bonchev–Trinajstić information content (AvgIpc) is 3.07. The number of piperazine rings is 1. The maximum atomic E-state index is 11.4. The van der Waals surface area contributed by atoms with Gasteiger partial charge in [-0.15, -0.1) is 35.3 Å². The summed E-state index contributed by atoms with van der Waals surface area (Å²) < 4.78 is 1.13. The van der Waals surface area contributed by atoms with Gasteiger partial charge in [0.05, 0.1) is 0 Å². The summed E-state index contributed by atoms with van der Waals surface area (Å²) in [4.78, 5) is 24.5. The first-order valence-corrected chi connectivity index (χ1v) is 9.88. The first-order valence-electron chi connectivity index (χ1n) is 8.01. The van der Waals surface area contributed by atoms with Crippen LogP contribution in [0.2, 0.25) is 0 Å². The quantitative estimate of drug-likeness (QED) is 0.221. The van der Waals surface area contributed by atoms with Crippen molar-refractivity contribution < 1.29 is 4.79 Å². The van der Waals surface area contributed by atoms with E-state index in [0.29, 0.717) is 0 Å². The van der Waals surface area contributed by atoms with Gasteiger partial charge in [0.25, 0.3) is 0 Å². The van der Waals surface area contributed by atoms with E-state index in [-0.39, 0.29) is 29.9 Å². The summed E-state index contributed by atoms with van der Waals surface area (Å²) >= 11 is 3.48. The smallest absolute Gasteiger partial charge is 0.219 e. The zero-order valence-electron chi connectivity index (χ0n) is 14.2. The Morgan fingerprint density at radius 2 is 2.08 bits per heavy atom. The fraction of sp³-hybridized carbons (Fsp3) is 0.667. The SMILES string of the molecule is CCNC(=NCCCSc1nccs1)N1CCN(C(C)=O)CC1.I. The van der Waals surface area contributed by atoms with Crippen LogP contribution >= 0.6 is 47.1 Å². The van der Waals surface area contributed by atoms with Crippen LogP contribution in [0.4, 0.5) is 0 Å². The van der Waals surface area contributed by atoms with E-state index in [1.807, 2.05) is 16.5 Å². The highest BCUT2D eigenvalue weighted by Gasteiger charge is 2.20. The molecule has 0 spiro atoms. The van der Waals surface area contributed by atoms with Gasteiger partial charge in [-0.3, -0.25) is 9.79 Å². The standard InChI is InChI=1S/C15H25N5OS2.HI/c1-3-16-14(20-9-7-19(8-10-20)13(2)21)17-5-4-11-22-15-18-6-12-23-15;/h6,12H,3-5,7-11H2,1-2H3,(H,16,17);1H. The van der Waals surface area contributed by atoms with Crippen LogP contribution in [-0.2, 0) is 4.79 Å². The number of carbonyl (C=O) groups excluding carboxylic acids is 1. The molecule has 2 rings (SSSR count). The molecule has 0 aliphatic carbocycles. The Bertz CT molecular complexity index is 504. The number of halogens is 1. The van der Waals surface area contributed by atoms with Gasteiger partial charge in [-0.05, 0) is 13.3 Å². The van der Waals surface area contributed by atoms with E-state index < -0.39 is 0 Å². The molecule has 1 aliphatic heterocycles. The van der Waals surface area contributed by atoms with Crippen LogP contribution in [0.1, 0.15) is 20.3 Å². The summed E-state index contributed by atoms with van der Waals surface area (Å²) in [5.74, 6) is 2.16. The van der Waals surface area contributed by atoms with E-state index >= 15 is 0 Å². The highest BCUT2D eigenvalue weighted by Crippen LogP contribution is 2.20. The van der Waals surface area contributed by atoms with Crippen LogP contribution in [0, 0.1) is 0 Å². The monoisotopic (exact) mass is 483 g/mol. The van der Waals surface area contributed by atoms with Crippen molar-refractivity contribution in [1.29, 1.82) is 0 Å². The second kappa shape index (κ2) is 11.9. The Morgan fingerprint density at radius 1 is 1.38 bits per heavy atom. The molecule has 1 saturated heterocycles. The van der Waals surface area contributed by atoms with Crippen LogP contribution in [0.3, 0.4) is 0 Å². The van der Waals surface area contributed by atoms with Crippen LogP contribution in [0.5, 0.6) is 0 Å². The molecule has 0 saturated carbocycles. The number of aromatic nitrogens is 1. The number of thioether (sulfide) groups is 1. The van der Waals surface area contributed by atoms with Crippen molar-refractivity contribution in [3.63, 3.8) is 0 Å². The van der Waals surface area contributed by atoms with Crippen molar-refractivity contribution in [3.05, 3.63) is 11.6 Å². The van der Waals surface area contributed by atoms with Crippen LogP contribution < -0.4 is 5.32 Å². The third-order valence-corrected chi connectivity index (χ3v) is 5.61. The normalized spacial score (nSPS) is 15.2. The van der Waals surface area contributed by atoms with Crippen LogP contribution in [0.25, 0.3) is 0 Å². The number of aliphatic imine (C=N–C) groups is 1. The summed E-state index contributed by atoms with van der Waals surface area (Å²) in [7, 11) is 0. The van der Waals surface area contributed by atoms with Gasteiger partial charge in [-0.2, -0.15) is 0 Å². The Morgan fingerprint density at radius 3 is 2.67 bits per heavy atom. The second-order valence-corrected chi connectivity index (χ2v) is 7.47. The molecule has 1 aromatic rings. The fourth-order valence-electron chi connectivity index (χ4n) is 2.35. The molecule has 0 unspecified atom stereocenters. The highest BCUT2D eigenvalue weighted by atomic mass is 127. The number of nitrogens with zero attached hydrogens (tertiary/aromatic N) is 4. The van der Waals surface area contributed by atoms with Crippen LogP contribution in [0.15, 0.2) is 20.9 Å². The number of carbonyl (C=O) groups is 1. The Labute approximate surface area is 169 Å². The Hall–Kier alpha value is -0.550. The van der Waals surface area contributed by atoms with E-state index in [1.54, 1.807) is 30.0 Å². The first kappa shape index (κ1) is 21.5. The predicted octanol–water partition coefficient (Wildman–Crippen LogP) is 2.37. The number of hydrogen-bond donors (Lipinski definition) is 1. The van der Waals surface area contributed by atoms with E-state index in [1.165, 1.54) is 0 Å². The summed E-state index contributed by atoms with van der Waals surface area (Å²) in [6.07, 6.45) is 2.88. The molecule has 0 radical (unpaired) electrons. The van der Waals surface area contributed by atoms with Gasteiger partial charge in [-0.1, -0.05) is 11.8 Å². The van der Waals surface area contributed by atoms with Crippen molar-refractivity contribution in [2.75, 3.05) is 45.0 Å². The van der Waals surface area contributed by atoms with Crippen molar-refractivity contribution in [2.45, 2.75) is 24.6 Å². The van der Waals surface area contributed by atoms with Gasteiger partial charge in [0.2, 0.25) is 5.91 Å². The molecule has 2 heterocycles. The number of hydrogen-bond acceptors (Lipinski definition) is 5. The minimum atomic E-state index is 0. The second-order valence-electron chi connectivity index (χ2n) is 5.23. The van der Waals surface area contributed by atoms with Gasteiger partial charge in [0.15, 0.2) is 5.96 Å². The molecule has 1 amide bonds. The molecular formula is C15H26IN5OS2. The molecular weight excluding hydrogens is 457 g/mol. The fourth-order valence-corrected chi connectivity index (χ4v) is 3.98. The lowest BCUT2D eigenvalue weighted by molar-refractivity contribution is -0.130. The number of amides is 1. The minimum Gasteiger partial charge on any atom is -0.357 e. The summed E-state index contributed by atoms with van der Waals surface area (Å²) in [6.45, 7) is 8.64. The number of nitrogens with one attached hydrogen (secondary N) is 1. The van der Waals surface area contributed by atoms with Crippen molar-refractivity contribution in [2.24, 2.45) is 4.99 Å². The third kappa shape index (κ3) is 7.14. The van der Waals surface area contributed by atoms with Gasteiger partial charge in [0, 0.05) is 63.5 Å². The highest BCUT2D eigenvalue weighted by molar-refractivity contribution is 14.0. The van der Waals surface area contributed by atoms with Crippen molar-refractivity contribution in [3.8, 4) is 0 Å². The zero-order valence-corrected chi connectivity index (χ0v) is 18.2. The molecule has 0 bridgehead atoms. The number of guanidine groups is 1. The molecule has 1 fully saturated rings. The Kier molecular flexibility index (Phi) is 10.7. The zero-order chi connectivity index (χ0) is 16.5. The maximum Gasteiger partial charge on any atom is 0.219 e. The lowest BCUT2D eigenvalue weighted by Crippen LogP contribution is -2.53. The minimum absolute atomic E-state index is 0. The molecule has 6 nitrogen and oxygen atoms in total. The third-order valence-electron chi connectivity index (χ3n) is 3.56. The summed E-state index contributed by atoms with van der Waals surface area (Å²) in [6, 6.07) is 0. The molecule has 0 atom stereocenters.